The van der Waals surface area contributed by atoms with E-state index >= 15 is 0 Å². The van der Waals surface area contributed by atoms with Crippen molar-refractivity contribution in [3.05, 3.63) is 57.5 Å². The number of amides is 1. The minimum Gasteiger partial charge on any atom is -0.462 e. The van der Waals surface area contributed by atoms with Crippen LogP contribution in [0.15, 0.2) is 18.2 Å². The van der Waals surface area contributed by atoms with Crippen LogP contribution >= 0.6 is 0 Å². The van der Waals surface area contributed by atoms with Crippen LogP contribution in [-0.2, 0) is 36.5 Å². The minimum atomic E-state index is -0.708. The molecule has 0 saturated heterocycles. The van der Waals surface area contributed by atoms with Crippen LogP contribution in [-0.4, -0.2) is 83.3 Å². The average Bonchev–Trinajstić information content (AvgIpc) is 3.29. The lowest BCUT2D eigenvalue weighted by atomic mass is 9.69. The smallest absolute Gasteiger partial charge is 0.318 e. The number of nitriles is 1. The monoisotopic (exact) mass is 599 g/mol. The molecule has 3 aliphatic rings. The van der Waals surface area contributed by atoms with Crippen molar-refractivity contribution < 1.29 is 14.3 Å². The zero-order valence-electron chi connectivity index (χ0n) is 26.3. The number of rotatable bonds is 6. The summed E-state index contributed by atoms with van der Waals surface area (Å²) in [6.45, 7) is 5.67. The van der Waals surface area contributed by atoms with Crippen molar-refractivity contribution in [2.24, 2.45) is 0 Å². The molecule has 12 heteroatoms. The molecule has 1 amide bonds. The van der Waals surface area contributed by atoms with Crippen molar-refractivity contribution >= 4 is 17.4 Å². The Kier molecular flexibility index (Phi) is 7.94. The van der Waals surface area contributed by atoms with Gasteiger partial charge in [-0.3, -0.25) is 9.48 Å². The Morgan fingerprint density at radius 1 is 1.25 bits per heavy atom. The molecule has 232 valence electrons. The fourth-order valence-corrected chi connectivity index (χ4v) is 6.65. The van der Waals surface area contributed by atoms with Gasteiger partial charge in [0.25, 0.3) is 5.91 Å². The third kappa shape index (κ3) is 5.35. The molecular weight excluding hydrogens is 558 g/mol. The number of aryl methyl sites for hydroxylation is 1. The van der Waals surface area contributed by atoms with Gasteiger partial charge in [0, 0.05) is 57.0 Å². The van der Waals surface area contributed by atoms with Crippen LogP contribution in [0.5, 0.6) is 6.01 Å². The summed E-state index contributed by atoms with van der Waals surface area (Å²) in [6.07, 6.45) is 3.03. The van der Waals surface area contributed by atoms with Crippen molar-refractivity contribution in [2.75, 3.05) is 58.5 Å². The third-order valence-electron chi connectivity index (χ3n) is 9.05. The Bertz CT molecular complexity index is 1630. The van der Waals surface area contributed by atoms with Gasteiger partial charge in [0.2, 0.25) is 0 Å². The number of aromatic nitrogens is 4. The fraction of sp³-hybridized carbons (Fsp3) is 0.531. The number of carbonyl (C=O) groups excluding carboxylic acids is 1. The highest BCUT2D eigenvalue weighted by molar-refractivity contribution is 5.92. The Morgan fingerprint density at radius 3 is 2.82 bits per heavy atom. The van der Waals surface area contributed by atoms with E-state index in [4.69, 9.17) is 25.2 Å². The van der Waals surface area contributed by atoms with Gasteiger partial charge in [-0.25, -0.2) is 0 Å². The highest BCUT2D eigenvalue weighted by Gasteiger charge is 2.46. The molecule has 6 rings (SSSR count). The number of nitrogens with two attached hydrogens (primary N) is 1. The van der Waals surface area contributed by atoms with E-state index in [1.807, 2.05) is 37.0 Å². The first kappa shape index (κ1) is 29.8. The van der Waals surface area contributed by atoms with Crippen LogP contribution in [0.2, 0.25) is 0 Å². The Balaban J connectivity index is 1.41. The first-order valence-electron chi connectivity index (χ1n) is 15.3. The maximum absolute atomic E-state index is 12.7. The summed E-state index contributed by atoms with van der Waals surface area (Å²) in [5, 5.41) is 14.8. The fourth-order valence-electron chi connectivity index (χ4n) is 6.65. The molecule has 2 aliphatic heterocycles. The zero-order chi connectivity index (χ0) is 31.2. The lowest BCUT2D eigenvalue weighted by Crippen LogP contribution is -2.42. The predicted octanol–water partition coefficient (Wildman–Crippen LogP) is 3.04. The normalized spacial score (nSPS) is 20.8. The van der Waals surface area contributed by atoms with Gasteiger partial charge in [0.15, 0.2) is 5.69 Å². The van der Waals surface area contributed by atoms with E-state index in [1.54, 1.807) is 19.0 Å². The maximum atomic E-state index is 12.7. The topological polar surface area (TPSA) is 139 Å². The molecule has 12 nitrogen and oxygen atoms in total. The van der Waals surface area contributed by atoms with Gasteiger partial charge in [-0.05, 0) is 57.0 Å². The Labute approximate surface area is 258 Å². The number of hydrogen-bond donors (Lipinski definition) is 1. The molecule has 1 aliphatic carbocycles. The molecule has 2 aromatic heterocycles. The number of carbonyl (C=O) groups is 1. The van der Waals surface area contributed by atoms with Gasteiger partial charge < -0.3 is 29.9 Å². The minimum absolute atomic E-state index is 0.119. The van der Waals surface area contributed by atoms with E-state index < -0.39 is 5.60 Å². The van der Waals surface area contributed by atoms with E-state index in [9.17, 15) is 10.1 Å². The van der Waals surface area contributed by atoms with Crippen molar-refractivity contribution in [1.29, 1.82) is 5.26 Å². The third-order valence-corrected chi connectivity index (χ3v) is 9.05. The van der Waals surface area contributed by atoms with E-state index in [-0.39, 0.29) is 5.91 Å². The van der Waals surface area contributed by atoms with Crippen LogP contribution in [0.3, 0.4) is 0 Å². The first-order chi connectivity index (χ1) is 21.1. The molecule has 0 bridgehead atoms. The standard InChI is InChI=1S/C32H41N9O3/c1-20-9-10-32(28-22(20)7-8-25(34)23(28)17-33)16-27-24(19-44-32)29(36-31(35-27)43-14-13-38(2)3)40-11-6-12-41-21(18-40)15-26(37-41)30(42)39(4)5/h7-8,15,20H,6,9-14,16,18-19,34H2,1-5H3/t20-,32-/m0/s1. The summed E-state index contributed by atoms with van der Waals surface area (Å²) in [4.78, 5) is 28.4. The maximum Gasteiger partial charge on any atom is 0.318 e. The van der Waals surface area contributed by atoms with E-state index in [0.29, 0.717) is 61.6 Å². The number of anilines is 2. The van der Waals surface area contributed by atoms with Gasteiger partial charge in [-0.1, -0.05) is 13.0 Å². The molecule has 0 radical (unpaired) electrons. The SMILES string of the molecule is C[C@H]1CC[C@]2(Cc3nc(OCCN(C)C)nc(N4CCCn5nc(C(=O)N(C)C)cc5C4)c3CO2)c2c1ccc(N)c2C#N. The Hall–Kier alpha value is -4.21. The summed E-state index contributed by atoms with van der Waals surface area (Å²) in [5.74, 6) is 0.953. The Morgan fingerprint density at radius 2 is 2.07 bits per heavy atom. The summed E-state index contributed by atoms with van der Waals surface area (Å²) in [6, 6.07) is 8.47. The molecule has 4 heterocycles. The molecular formula is C32H41N9O3. The summed E-state index contributed by atoms with van der Waals surface area (Å²) in [5.41, 5.74) is 11.8. The molecule has 1 spiro atoms. The van der Waals surface area contributed by atoms with Gasteiger partial charge in [-0.15, -0.1) is 0 Å². The summed E-state index contributed by atoms with van der Waals surface area (Å²) < 4.78 is 14.9. The highest BCUT2D eigenvalue weighted by Crippen LogP contribution is 2.51. The second-order valence-corrected chi connectivity index (χ2v) is 12.6. The van der Waals surface area contributed by atoms with Gasteiger partial charge >= 0.3 is 6.01 Å². The lowest BCUT2D eigenvalue weighted by Gasteiger charge is -2.45. The van der Waals surface area contributed by atoms with Gasteiger partial charge in [0.05, 0.1) is 30.1 Å². The van der Waals surface area contributed by atoms with Crippen LogP contribution < -0.4 is 15.4 Å². The number of benzene rings is 1. The molecule has 0 saturated carbocycles. The summed E-state index contributed by atoms with van der Waals surface area (Å²) >= 11 is 0. The molecule has 0 unspecified atom stereocenters. The quantitative estimate of drug-likeness (QED) is 0.421. The first-order valence-corrected chi connectivity index (χ1v) is 15.3. The number of hydrogen-bond acceptors (Lipinski definition) is 10. The van der Waals surface area contributed by atoms with Gasteiger partial charge in [0.1, 0.15) is 24.1 Å². The number of nitrogen functional groups attached to an aromatic ring is 1. The van der Waals surface area contributed by atoms with Crippen LogP contribution in [0.4, 0.5) is 11.5 Å². The largest absolute Gasteiger partial charge is 0.462 e. The van der Waals surface area contributed by atoms with Crippen molar-refractivity contribution in [1.82, 2.24) is 29.5 Å². The number of likely N-dealkylation sites (N-methyl/N-ethyl adjacent to an activating group) is 1. The summed E-state index contributed by atoms with van der Waals surface area (Å²) in [7, 11) is 7.46. The molecule has 3 aromatic rings. The average molecular weight is 600 g/mol. The van der Waals surface area contributed by atoms with Crippen molar-refractivity contribution in [2.45, 2.75) is 63.8 Å². The lowest BCUT2D eigenvalue weighted by molar-refractivity contribution is -0.0873. The highest BCUT2D eigenvalue weighted by atomic mass is 16.5. The molecule has 1 aromatic carbocycles. The van der Waals surface area contributed by atoms with Crippen LogP contribution in [0, 0.1) is 11.3 Å². The number of fused-ring (bicyclic) bond motifs is 4. The predicted molar refractivity (Wildman–Crippen MR) is 165 cm³/mol. The zero-order valence-corrected chi connectivity index (χ0v) is 26.3. The molecule has 2 N–H and O–H groups in total. The van der Waals surface area contributed by atoms with Gasteiger partial charge in [-0.2, -0.15) is 20.3 Å². The van der Waals surface area contributed by atoms with E-state index in [0.717, 1.165) is 66.2 Å². The van der Waals surface area contributed by atoms with E-state index in [1.165, 1.54) is 0 Å². The molecule has 0 fully saturated rings. The van der Waals surface area contributed by atoms with Crippen LogP contribution in [0.25, 0.3) is 0 Å². The number of ether oxygens (including phenoxy) is 2. The number of nitrogens with zero attached hydrogens (tertiary/aromatic N) is 8. The molecule has 44 heavy (non-hydrogen) atoms. The van der Waals surface area contributed by atoms with Crippen LogP contribution in [0.1, 0.15) is 76.2 Å². The van der Waals surface area contributed by atoms with Crippen molar-refractivity contribution in [3.63, 3.8) is 0 Å². The second kappa shape index (κ2) is 11.7. The molecule has 2 atom stereocenters. The second-order valence-electron chi connectivity index (χ2n) is 12.6. The van der Waals surface area contributed by atoms with Crippen molar-refractivity contribution in [3.8, 4) is 12.1 Å². The van der Waals surface area contributed by atoms with E-state index in [2.05, 4.69) is 27.9 Å².